The molecule has 6 nitrogen and oxygen atoms in total. The molecule has 1 aliphatic heterocycles. The lowest BCUT2D eigenvalue weighted by molar-refractivity contribution is 0.0731. The number of carbonyl (C=O) groups is 1. The van der Waals surface area contributed by atoms with Gasteiger partial charge in [-0.25, -0.2) is 0 Å². The Hall–Kier alpha value is -2.57. The van der Waals surface area contributed by atoms with E-state index in [1.165, 1.54) is 6.07 Å². The molecule has 1 aliphatic rings. The largest absolute Gasteiger partial charge is 0.336 e. The topological polar surface area (TPSA) is 70.1 Å². The Labute approximate surface area is 149 Å². The van der Waals surface area contributed by atoms with Crippen LogP contribution >= 0.6 is 11.6 Å². The standard InChI is InChI=1S/C18H17ClN4O2/c19-13-2-4-14(5-3-13)23-16(24)6-1-12-11-15(21-17(12)23)18(25)22-9-7-20-8-10-22/h1-6,11,20-21H,7-10H2. The highest BCUT2D eigenvalue weighted by Crippen LogP contribution is 2.20. The zero-order valence-electron chi connectivity index (χ0n) is 13.5. The minimum atomic E-state index is -0.169. The van der Waals surface area contributed by atoms with Gasteiger partial charge in [-0.2, -0.15) is 0 Å². The van der Waals surface area contributed by atoms with Crippen LogP contribution in [-0.2, 0) is 0 Å². The molecular formula is C18H17ClN4O2. The van der Waals surface area contributed by atoms with Gasteiger partial charge in [0.2, 0.25) is 0 Å². The van der Waals surface area contributed by atoms with Crippen LogP contribution in [0.1, 0.15) is 10.5 Å². The van der Waals surface area contributed by atoms with Gasteiger partial charge < -0.3 is 15.2 Å². The Morgan fingerprint density at radius 2 is 1.76 bits per heavy atom. The molecule has 3 heterocycles. The lowest BCUT2D eigenvalue weighted by Gasteiger charge is -2.26. The van der Waals surface area contributed by atoms with Gasteiger partial charge in [0.25, 0.3) is 11.5 Å². The summed E-state index contributed by atoms with van der Waals surface area (Å²) < 4.78 is 1.56. The summed E-state index contributed by atoms with van der Waals surface area (Å²) >= 11 is 5.94. The Bertz CT molecular complexity index is 984. The zero-order valence-corrected chi connectivity index (χ0v) is 14.2. The molecule has 0 aliphatic carbocycles. The monoisotopic (exact) mass is 356 g/mol. The third-order valence-electron chi connectivity index (χ3n) is 4.40. The highest BCUT2D eigenvalue weighted by molar-refractivity contribution is 6.30. The minimum absolute atomic E-state index is 0.0483. The normalized spacial score (nSPS) is 14.8. The zero-order chi connectivity index (χ0) is 17.4. The lowest BCUT2D eigenvalue weighted by atomic mass is 10.2. The summed E-state index contributed by atoms with van der Waals surface area (Å²) in [7, 11) is 0. The highest BCUT2D eigenvalue weighted by Gasteiger charge is 2.20. The maximum atomic E-state index is 12.7. The number of aromatic amines is 1. The van der Waals surface area contributed by atoms with Gasteiger partial charge >= 0.3 is 0 Å². The molecule has 7 heteroatoms. The van der Waals surface area contributed by atoms with E-state index in [1.54, 1.807) is 41.0 Å². The fourth-order valence-electron chi connectivity index (χ4n) is 3.12. The van der Waals surface area contributed by atoms with E-state index in [4.69, 9.17) is 11.6 Å². The number of benzene rings is 1. The smallest absolute Gasteiger partial charge is 0.270 e. The fraction of sp³-hybridized carbons (Fsp3) is 0.222. The third-order valence-corrected chi connectivity index (χ3v) is 4.65. The molecule has 0 atom stereocenters. The number of piperazine rings is 1. The molecule has 0 unspecified atom stereocenters. The second kappa shape index (κ2) is 6.38. The molecule has 0 spiro atoms. The van der Waals surface area contributed by atoms with E-state index in [2.05, 4.69) is 10.3 Å². The van der Waals surface area contributed by atoms with Crippen molar-refractivity contribution in [2.75, 3.05) is 26.2 Å². The Balaban J connectivity index is 1.80. The first-order valence-corrected chi connectivity index (χ1v) is 8.52. The predicted molar refractivity (Wildman–Crippen MR) is 97.7 cm³/mol. The van der Waals surface area contributed by atoms with Crippen molar-refractivity contribution in [3.63, 3.8) is 0 Å². The summed E-state index contributed by atoms with van der Waals surface area (Å²) in [5.74, 6) is -0.0483. The second-order valence-electron chi connectivity index (χ2n) is 6.01. The summed E-state index contributed by atoms with van der Waals surface area (Å²) in [5, 5.41) is 4.64. The van der Waals surface area contributed by atoms with E-state index < -0.39 is 0 Å². The van der Waals surface area contributed by atoms with Crippen molar-refractivity contribution in [3.05, 3.63) is 63.5 Å². The van der Waals surface area contributed by atoms with E-state index in [0.29, 0.717) is 35.1 Å². The minimum Gasteiger partial charge on any atom is -0.336 e. The molecule has 1 saturated heterocycles. The van der Waals surface area contributed by atoms with Crippen LogP contribution in [0.3, 0.4) is 0 Å². The average Bonchev–Trinajstić information content (AvgIpc) is 3.07. The summed E-state index contributed by atoms with van der Waals surface area (Å²) in [6.45, 7) is 2.94. The van der Waals surface area contributed by atoms with E-state index in [-0.39, 0.29) is 11.5 Å². The van der Waals surface area contributed by atoms with Gasteiger partial charge in [0.1, 0.15) is 11.3 Å². The number of halogens is 1. The van der Waals surface area contributed by atoms with Gasteiger partial charge in [0.05, 0.1) is 5.69 Å². The number of carbonyl (C=O) groups excluding carboxylic acids is 1. The van der Waals surface area contributed by atoms with E-state index >= 15 is 0 Å². The third kappa shape index (κ3) is 2.94. The molecule has 2 N–H and O–H groups in total. The lowest BCUT2D eigenvalue weighted by Crippen LogP contribution is -2.46. The number of H-pyrrole nitrogens is 1. The molecule has 128 valence electrons. The van der Waals surface area contributed by atoms with Crippen LogP contribution in [0.4, 0.5) is 0 Å². The molecule has 1 aromatic carbocycles. The van der Waals surface area contributed by atoms with Crippen molar-refractivity contribution >= 4 is 28.5 Å². The van der Waals surface area contributed by atoms with Crippen molar-refractivity contribution in [3.8, 4) is 5.69 Å². The van der Waals surface area contributed by atoms with Crippen molar-refractivity contribution in [2.45, 2.75) is 0 Å². The van der Waals surface area contributed by atoms with E-state index in [1.807, 2.05) is 4.90 Å². The Kier molecular flexibility index (Phi) is 4.07. The van der Waals surface area contributed by atoms with Gasteiger partial charge in [-0.1, -0.05) is 11.6 Å². The van der Waals surface area contributed by atoms with Crippen LogP contribution in [0.5, 0.6) is 0 Å². The number of nitrogens with zero attached hydrogens (tertiary/aromatic N) is 2. The number of pyridine rings is 1. The summed E-state index contributed by atoms with van der Waals surface area (Å²) in [6, 6.07) is 12.1. The number of rotatable bonds is 2. The van der Waals surface area contributed by atoms with Crippen LogP contribution < -0.4 is 10.9 Å². The van der Waals surface area contributed by atoms with Gasteiger partial charge in [-0.3, -0.25) is 14.2 Å². The predicted octanol–water partition coefficient (Wildman–Crippen LogP) is 2.02. The summed E-state index contributed by atoms with van der Waals surface area (Å²) in [4.78, 5) is 30.1. The second-order valence-corrected chi connectivity index (χ2v) is 6.45. The van der Waals surface area contributed by atoms with Gasteiger partial charge in [0.15, 0.2) is 0 Å². The Morgan fingerprint density at radius 1 is 1.04 bits per heavy atom. The van der Waals surface area contributed by atoms with Crippen molar-refractivity contribution in [1.82, 2.24) is 19.8 Å². The van der Waals surface area contributed by atoms with Crippen LogP contribution in [0.25, 0.3) is 16.7 Å². The van der Waals surface area contributed by atoms with E-state index in [9.17, 15) is 9.59 Å². The molecule has 4 rings (SSSR count). The van der Waals surface area contributed by atoms with Crippen LogP contribution in [0.15, 0.2) is 47.3 Å². The summed E-state index contributed by atoms with van der Waals surface area (Å²) in [6.07, 6.45) is 0. The number of hydrogen-bond donors (Lipinski definition) is 2. The molecular weight excluding hydrogens is 340 g/mol. The number of fused-ring (bicyclic) bond motifs is 1. The molecule has 1 amide bonds. The molecule has 0 bridgehead atoms. The maximum absolute atomic E-state index is 12.7. The first-order valence-electron chi connectivity index (χ1n) is 8.14. The quantitative estimate of drug-likeness (QED) is 0.738. The average molecular weight is 357 g/mol. The maximum Gasteiger partial charge on any atom is 0.270 e. The fourth-order valence-corrected chi connectivity index (χ4v) is 3.24. The van der Waals surface area contributed by atoms with E-state index in [0.717, 1.165) is 18.5 Å². The number of hydrogen-bond acceptors (Lipinski definition) is 3. The van der Waals surface area contributed by atoms with Gasteiger partial charge in [-0.05, 0) is 36.4 Å². The van der Waals surface area contributed by atoms with Gasteiger partial charge in [0, 0.05) is 42.7 Å². The molecule has 2 aromatic heterocycles. The van der Waals surface area contributed by atoms with Crippen molar-refractivity contribution in [2.24, 2.45) is 0 Å². The molecule has 25 heavy (non-hydrogen) atoms. The first-order chi connectivity index (χ1) is 12.1. The molecule has 3 aromatic rings. The van der Waals surface area contributed by atoms with Gasteiger partial charge in [-0.15, -0.1) is 0 Å². The Morgan fingerprint density at radius 3 is 2.48 bits per heavy atom. The van der Waals surface area contributed by atoms with Crippen LogP contribution in [0.2, 0.25) is 5.02 Å². The summed E-state index contributed by atoms with van der Waals surface area (Å²) in [5.41, 5.74) is 1.62. The molecule has 0 saturated carbocycles. The van der Waals surface area contributed by atoms with Crippen LogP contribution in [-0.4, -0.2) is 46.5 Å². The first kappa shape index (κ1) is 15.9. The number of nitrogens with one attached hydrogen (secondary N) is 2. The highest BCUT2D eigenvalue weighted by atomic mass is 35.5. The number of amides is 1. The van der Waals surface area contributed by atoms with Crippen molar-refractivity contribution < 1.29 is 4.79 Å². The molecule has 1 fully saturated rings. The molecule has 0 radical (unpaired) electrons. The van der Waals surface area contributed by atoms with Crippen molar-refractivity contribution in [1.29, 1.82) is 0 Å². The number of aromatic nitrogens is 2. The SMILES string of the molecule is O=C(c1cc2ccc(=O)n(-c3ccc(Cl)cc3)c2[nH]1)N1CCNCC1. The van der Waals surface area contributed by atoms with Crippen LogP contribution in [0, 0.1) is 0 Å².